The molecule has 2 unspecified atom stereocenters. The average Bonchev–Trinajstić information content (AvgIpc) is 1.96. The van der Waals surface area contributed by atoms with Gasteiger partial charge in [0, 0.05) is 0 Å². The summed E-state index contributed by atoms with van der Waals surface area (Å²) in [5.74, 6) is 0. The number of rotatable bonds is 6. The van der Waals surface area contributed by atoms with Crippen LogP contribution in [0.3, 0.4) is 0 Å². The first-order valence-corrected chi connectivity index (χ1v) is 4.49. The summed E-state index contributed by atoms with van der Waals surface area (Å²) in [5, 5.41) is 8.99. The van der Waals surface area contributed by atoms with E-state index in [0.29, 0.717) is 0 Å². The topological polar surface area (TPSA) is 79.2 Å². The van der Waals surface area contributed by atoms with Gasteiger partial charge in [0.25, 0.3) is 0 Å². The van der Waals surface area contributed by atoms with E-state index >= 15 is 0 Å². The van der Waals surface area contributed by atoms with Gasteiger partial charge in [0.05, 0.1) is 6.61 Å². The Hall–Kier alpha value is -0.0300. The van der Waals surface area contributed by atoms with Crippen molar-refractivity contribution in [1.29, 1.82) is 0 Å². The van der Waals surface area contributed by atoms with Crippen molar-refractivity contribution in [2.75, 3.05) is 6.61 Å². The predicted molar refractivity (Wildman–Crippen MR) is 44.1 cm³/mol. The average molecular weight is 196 g/mol. The quantitative estimate of drug-likeness (QED) is 0.319. The number of aliphatic hydroxyl groups is 1. The summed E-state index contributed by atoms with van der Waals surface area (Å²) in [6, 6.07) is 0. The molecule has 72 valence electrons. The molecular weight excluding hydrogens is 183 g/mol. The Kier molecular flexibility index (Phi) is 6.47. The van der Waals surface area contributed by atoms with Crippen LogP contribution < -0.4 is 0 Å². The Morgan fingerprint density at radius 1 is 1.58 bits per heavy atom. The second kappa shape index (κ2) is 6.48. The lowest BCUT2D eigenvalue weighted by atomic mass is 10.4. The van der Waals surface area contributed by atoms with E-state index in [9.17, 15) is 0 Å². The number of aliphatic hydroxyl groups excluding tert-OH is 1. The van der Waals surface area contributed by atoms with E-state index in [0.717, 1.165) is 0 Å². The fourth-order valence-electron chi connectivity index (χ4n) is 0.514. The smallest absolute Gasteiger partial charge is 0.329 e. The third-order valence-electron chi connectivity index (χ3n) is 0.970. The first-order chi connectivity index (χ1) is 5.57. The van der Waals surface area contributed by atoms with Crippen LogP contribution in [0.4, 0.5) is 0 Å². The van der Waals surface area contributed by atoms with Gasteiger partial charge in [0.1, 0.15) is 6.10 Å². The van der Waals surface area contributed by atoms with Crippen LogP contribution in [0.5, 0.6) is 0 Å². The number of hydrogen-bond donors (Lipinski definition) is 3. The second-order valence-electron chi connectivity index (χ2n) is 2.09. The molecule has 0 fully saturated rings. The van der Waals surface area contributed by atoms with Crippen LogP contribution in [0.1, 0.15) is 6.92 Å². The third kappa shape index (κ3) is 5.60. The largest absolute Gasteiger partial charge is 0.388 e. The molecule has 0 radical (unpaired) electrons. The maximum absolute atomic E-state index is 8.99. The Bertz CT molecular complexity index is 127. The lowest BCUT2D eigenvalue weighted by molar-refractivity contribution is -0.135. The van der Waals surface area contributed by atoms with Crippen LogP contribution in [0.25, 0.3) is 0 Å². The lowest BCUT2D eigenvalue weighted by Crippen LogP contribution is -2.27. The van der Waals surface area contributed by atoms with Crippen molar-refractivity contribution in [3.63, 3.8) is 0 Å². The molecule has 0 saturated carbocycles. The maximum atomic E-state index is 8.99. The molecule has 0 aromatic rings. The number of ether oxygens (including phenoxy) is 1. The van der Waals surface area contributed by atoms with Gasteiger partial charge in [0.2, 0.25) is 0 Å². The molecule has 0 aromatic carbocycles. The molecule has 0 aliphatic rings. The van der Waals surface area contributed by atoms with Crippen molar-refractivity contribution in [3.05, 3.63) is 12.7 Å². The SMILES string of the molecule is C=CCOC(OP(O)O)C(C)O. The minimum atomic E-state index is -2.51. The van der Waals surface area contributed by atoms with Crippen molar-refractivity contribution in [2.45, 2.75) is 19.3 Å². The fourth-order valence-corrected chi connectivity index (χ4v) is 0.936. The van der Waals surface area contributed by atoms with Crippen LogP contribution in [-0.2, 0) is 9.26 Å². The van der Waals surface area contributed by atoms with Crippen molar-refractivity contribution in [2.24, 2.45) is 0 Å². The second-order valence-corrected chi connectivity index (χ2v) is 2.81. The zero-order valence-electron chi connectivity index (χ0n) is 6.75. The van der Waals surface area contributed by atoms with E-state index in [2.05, 4.69) is 11.1 Å². The summed E-state index contributed by atoms with van der Waals surface area (Å²) in [5.41, 5.74) is 0. The first kappa shape index (κ1) is 12.0. The van der Waals surface area contributed by atoms with E-state index in [-0.39, 0.29) is 6.61 Å². The van der Waals surface area contributed by atoms with Gasteiger partial charge in [-0.3, -0.25) is 4.52 Å². The third-order valence-corrected chi connectivity index (χ3v) is 1.37. The predicted octanol–water partition coefficient (Wildman–Crippen LogP) is 0.124. The van der Waals surface area contributed by atoms with Gasteiger partial charge in [-0.2, -0.15) is 0 Å². The molecule has 0 amide bonds. The van der Waals surface area contributed by atoms with Gasteiger partial charge in [-0.15, -0.1) is 6.58 Å². The molecule has 2 atom stereocenters. The van der Waals surface area contributed by atoms with E-state index in [1.165, 1.54) is 13.0 Å². The zero-order chi connectivity index (χ0) is 9.56. The van der Waals surface area contributed by atoms with Crippen molar-refractivity contribution in [1.82, 2.24) is 0 Å². The Labute approximate surface area is 72.2 Å². The minimum Gasteiger partial charge on any atom is -0.388 e. The molecule has 0 aliphatic carbocycles. The van der Waals surface area contributed by atoms with Crippen molar-refractivity contribution < 1.29 is 24.2 Å². The normalized spacial score (nSPS) is 16.1. The Balaban J connectivity index is 3.77. The highest BCUT2D eigenvalue weighted by atomic mass is 31.2. The molecule has 3 N–H and O–H groups in total. The number of hydrogen-bond acceptors (Lipinski definition) is 5. The summed E-state index contributed by atoms with van der Waals surface area (Å²) in [6.07, 6.45) is -0.478. The highest BCUT2D eigenvalue weighted by molar-refractivity contribution is 7.39. The van der Waals surface area contributed by atoms with E-state index in [1.54, 1.807) is 0 Å². The van der Waals surface area contributed by atoms with E-state index in [4.69, 9.17) is 19.6 Å². The van der Waals surface area contributed by atoms with E-state index < -0.39 is 21.0 Å². The minimum absolute atomic E-state index is 0.179. The van der Waals surface area contributed by atoms with Crippen molar-refractivity contribution in [3.8, 4) is 0 Å². The van der Waals surface area contributed by atoms with Gasteiger partial charge < -0.3 is 19.6 Å². The molecule has 6 heteroatoms. The van der Waals surface area contributed by atoms with Gasteiger partial charge in [-0.05, 0) is 6.92 Å². The molecule has 0 rings (SSSR count). The Morgan fingerprint density at radius 3 is 2.50 bits per heavy atom. The van der Waals surface area contributed by atoms with E-state index in [1.807, 2.05) is 0 Å². The van der Waals surface area contributed by atoms with Gasteiger partial charge in [0.15, 0.2) is 6.29 Å². The molecule has 0 saturated heterocycles. The molecule has 0 aromatic heterocycles. The summed E-state index contributed by atoms with van der Waals surface area (Å²) in [7, 11) is -2.51. The van der Waals surface area contributed by atoms with Crippen LogP contribution >= 0.6 is 8.60 Å². The van der Waals surface area contributed by atoms with Crippen LogP contribution in [-0.4, -0.2) is 33.9 Å². The van der Waals surface area contributed by atoms with Crippen LogP contribution in [0, 0.1) is 0 Å². The van der Waals surface area contributed by atoms with Gasteiger partial charge >= 0.3 is 8.60 Å². The zero-order valence-corrected chi connectivity index (χ0v) is 7.65. The monoisotopic (exact) mass is 196 g/mol. The van der Waals surface area contributed by atoms with Crippen LogP contribution in [0.2, 0.25) is 0 Å². The summed E-state index contributed by atoms with van der Waals surface area (Å²) in [6.45, 7) is 4.99. The molecule has 0 spiro atoms. The van der Waals surface area contributed by atoms with Crippen molar-refractivity contribution >= 4 is 8.60 Å². The first-order valence-electron chi connectivity index (χ1n) is 3.33. The summed E-state index contributed by atoms with van der Waals surface area (Å²) >= 11 is 0. The molecule has 12 heavy (non-hydrogen) atoms. The summed E-state index contributed by atoms with van der Waals surface area (Å²) < 4.78 is 9.34. The maximum Gasteiger partial charge on any atom is 0.329 e. The summed E-state index contributed by atoms with van der Waals surface area (Å²) in [4.78, 5) is 16.9. The Morgan fingerprint density at radius 2 is 2.17 bits per heavy atom. The highest BCUT2D eigenvalue weighted by Crippen LogP contribution is 2.28. The van der Waals surface area contributed by atoms with Crippen LogP contribution in [0.15, 0.2) is 12.7 Å². The van der Waals surface area contributed by atoms with Gasteiger partial charge in [-0.25, -0.2) is 0 Å². The molecular formula is C6H13O5P. The lowest BCUT2D eigenvalue weighted by Gasteiger charge is -2.19. The molecule has 0 heterocycles. The molecule has 0 bridgehead atoms. The molecule has 0 aliphatic heterocycles. The fraction of sp³-hybridized carbons (Fsp3) is 0.667. The molecule has 5 nitrogen and oxygen atoms in total. The van der Waals surface area contributed by atoms with Gasteiger partial charge in [-0.1, -0.05) is 6.08 Å². The standard InChI is InChI=1S/C6H13O5P/c1-3-4-10-6(5(2)7)11-12(8)9/h3,5-9H,1,4H2,2H3. The highest BCUT2D eigenvalue weighted by Gasteiger charge is 2.19.